The highest BCUT2D eigenvalue weighted by Crippen LogP contribution is 2.12. The number of carbonyl (C=O) groups excluding carboxylic acids is 2. The minimum absolute atomic E-state index is 0.157. The first kappa shape index (κ1) is 15.9. The molecule has 1 aliphatic rings. The maximum atomic E-state index is 11.6. The van der Waals surface area contributed by atoms with E-state index < -0.39 is 0 Å². The van der Waals surface area contributed by atoms with Crippen LogP contribution < -0.4 is 0 Å². The summed E-state index contributed by atoms with van der Waals surface area (Å²) >= 11 is 0. The lowest BCUT2D eigenvalue weighted by molar-refractivity contribution is -0.150. The van der Waals surface area contributed by atoms with Gasteiger partial charge in [0.15, 0.2) is 0 Å². The molecule has 0 aromatic rings. The molecule has 0 aromatic heterocycles. The Labute approximate surface area is 114 Å². The summed E-state index contributed by atoms with van der Waals surface area (Å²) in [6, 6.07) is 0. The molecule has 0 bridgehead atoms. The average molecular weight is 273 g/mol. The van der Waals surface area contributed by atoms with Gasteiger partial charge >= 0.3 is 11.9 Å². The molecule has 1 fully saturated rings. The van der Waals surface area contributed by atoms with Gasteiger partial charge in [-0.1, -0.05) is 6.92 Å². The average Bonchev–Trinajstić information content (AvgIpc) is 2.39. The summed E-state index contributed by atoms with van der Waals surface area (Å²) < 4.78 is 15.1. The van der Waals surface area contributed by atoms with Crippen molar-refractivity contribution >= 4 is 11.9 Å². The summed E-state index contributed by atoms with van der Waals surface area (Å²) in [5.74, 6) is -0.624. The summed E-state index contributed by atoms with van der Waals surface area (Å²) in [5, 5.41) is 0. The Morgan fingerprint density at radius 2 is 2.21 bits per heavy atom. The van der Waals surface area contributed by atoms with E-state index in [0.717, 1.165) is 6.54 Å². The third kappa shape index (κ3) is 5.57. The Kier molecular flexibility index (Phi) is 6.80. The van der Waals surface area contributed by atoms with E-state index in [4.69, 9.17) is 9.47 Å². The van der Waals surface area contributed by atoms with Crippen LogP contribution in [0.2, 0.25) is 0 Å². The van der Waals surface area contributed by atoms with Crippen molar-refractivity contribution in [1.29, 1.82) is 0 Å². The summed E-state index contributed by atoms with van der Waals surface area (Å²) in [6.45, 7) is 6.64. The van der Waals surface area contributed by atoms with Crippen molar-refractivity contribution in [1.82, 2.24) is 4.90 Å². The molecular formula is C13H23NO5. The largest absolute Gasteiger partial charge is 0.469 e. The van der Waals surface area contributed by atoms with Crippen molar-refractivity contribution in [2.45, 2.75) is 26.4 Å². The number of rotatable bonds is 6. The number of morpholine rings is 1. The molecule has 0 N–H and O–H groups in total. The maximum Gasteiger partial charge on any atom is 0.309 e. The van der Waals surface area contributed by atoms with Gasteiger partial charge < -0.3 is 14.2 Å². The third-order valence-electron chi connectivity index (χ3n) is 3.07. The molecule has 0 spiro atoms. The third-order valence-corrected chi connectivity index (χ3v) is 3.07. The Morgan fingerprint density at radius 3 is 2.84 bits per heavy atom. The number of methoxy groups -OCH3 is 1. The highest BCUT2D eigenvalue weighted by Gasteiger charge is 2.26. The number of ether oxygens (including phenoxy) is 3. The SMILES string of the molecule is CCOC(=O)C(C)CN1CCOC(CC(=O)OC)C1. The normalized spacial score (nSPS) is 21.7. The molecule has 1 heterocycles. The van der Waals surface area contributed by atoms with Crippen molar-refractivity contribution in [3.63, 3.8) is 0 Å². The molecule has 0 aromatic carbocycles. The van der Waals surface area contributed by atoms with Crippen LogP contribution in [0.3, 0.4) is 0 Å². The number of hydrogen-bond donors (Lipinski definition) is 0. The lowest BCUT2D eigenvalue weighted by atomic mass is 10.1. The van der Waals surface area contributed by atoms with E-state index in [9.17, 15) is 9.59 Å². The lowest BCUT2D eigenvalue weighted by Crippen LogP contribution is -2.46. The van der Waals surface area contributed by atoms with Crippen LogP contribution in [0.5, 0.6) is 0 Å². The first-order valence-electron chi connectivity index (χ1n) is 6.64. The van der Waals surface area contributed by atoms with E-state index >= 15 is 0 Å². The van der Waals surface area contributed by atoms with Crippen LogP contribution in [0.1, 0.15) is 20.3 Å². The second-order valence-corrected chi connectivity index (χ2v) is 4.69. The lowest BCUT2D eigenvalue weighted by Gasteiger charge is -2.33. The first-order chi connectivity index (χ1) is 9.06. The molecule has 1 rings (SSSR count). The van der Waals surface area contributed by atoms with E-state index in [2.05, 4.69) is 9.64 Å². The Bertz CT molecular complexity index is 307. The highest BCUT2D eigenvalue weighted by molar-refractivity contribution is 5.72. The molecular weight excluding hydrogens is 250 g/mol. The molecule has 0 radical (unpaired) electrons. The molecule has 19 heavy (non-hydrogen) atoms. The summed E-state index contributed by atoms with van der Waals surface area (Å²) in [7, 11) is 1.37. The maximum absolute atomic E-state index is 11.6. The Hall–Kier alpha value is -1.14. The van der Waals surface area contributed by atoms with Gasteiger partial charge in [0, 0.05) is 19.6 Å². The fraction of sp³-hybridized carbons (Fsp3) is 0.846. The zero-order valence-corrected chi connectivity index (χ0v) is 11.9. The van der Waals surface area contributed by atoms with E-state index in [0.29, 0.717) is 26.3 Å². The summed E-state index contributed by atoms with van der Waals surface area (Å²) in [5.41, 5.74) is 0. The van der Waals surface area contributed by atoms with Crippen molar-refractivity contribution in [2.24, 2.45) is 5.92 Å². The molecule has 1 aliphatic heterocycles. The van der Waals surface area contributed by atoms with E-state index in [1.807, 2.05) is 6.92 Å². The molecule has 110 valence electrons. The van der Waals surface area contributed by atoms with Gasteiger partial charge in [-0.2, -0.15) is 0 Å². The van der Waals surface area contributed by atoms with Crippen LogP contribution in [0.15, 0.2) is 0 Å². The highest BCUT2D eigenvalue weighted by atomic mass is 16.5. The monoisotopic (exact) mass is 273 g/mol. The van der Waals surface area contributed by atoms with Crippen LogP contribution in [0.4, 0.5) is 0 Å². The topological polar surface area (TPSA) is 65.1 Å². The van der Waals surface area contributed by atoms with Crippen LogP contribution >= 0.6 is 0 Å². The van der Waals surface area contributed by atoms with Gasteiger partial charge in [0.05, 0.1) is 38.8 Å². The first-order valence-corrected chi connectivity index (χ1v) is 6.64. The van der Waals surface area contributed by atoms with Gasteiger partial charge in [0.2, 0.25) is 0 Å². The Balaban J connectivity index is 2.38. The van der Waals surface area contributed by atoms with Gasteiger partial charge in [-0.15, -0.1) is 0 Å². The van der Waals surface area contributed by atoms with E-state index in [1.165, 1.54) is 7.11 Å². The van der Waals surface area contributed by atoms with Crippen molar-refractivity contribution in [2.75, 3.05) is 40.0 Å². The second-order valence-electron chi connectivity index (χ2n) is 4.69. The number of carbonyl (C=O) groups is 2. The van der Waals surface area contributed by atoms with Crippen LogP contribution in [0, 0.1) is 5.92 Å². The predicted molar refractivity (Wildman–Crippen MR) is 68.6 cm³/mol. The number of nitrogens with zero attached hydrogens (tertiary/aromatic N) is 1. The number of hydrogen-bond acceptors (Lipinski definition) is 6. The van der Waals surface area contributed by atoms with Gasteiger partial charge in [-0.05, 0) is 6.92 Å². The van der Waals surface area contributed by atoms with Crippen molar-refractivity contribution in [3.05, 3.63) is 0 Å². The molecule has 0 saturated carbocycles. The summed E-state index contributed by atoms with van der Waals surface area (Å²) in [6.07, 6.45) is 0.0939. The predicted octanol–water partition coefficient (Wildman–Crippen LogP) is 0.450. The van der Waals surface area contributed by atoms with Crippen LogP contribution in [0.25, 0.3) is 0 Å². The van der Waals surface area contributed by atoms with Gasteiger partial charge in [0.1, 0.15) is 0 Å². The standard InChI is InChI=1S/C13H23NO5/c1-4-18-13(16)10(2)8-14-5-6-19-11(9-14)7-12(15)17-3/h10-11H,4-9H2,1-3H3. The molecule has 2 atom stereocenters. The molecule has 0 aliphatic carbocycles. The van der Waals surface area contributed by atoms with E-state index in [1.54, 1.807) is 6.92 Å². The zero-order chi connectivity index (χ0) is 14.3. The molecule has 6 heteroatoms. The van der Waals surface area contributed by atoms with Crippen LogP contribution in [-0.2, 0) is 23.8 Å². The van der Waals surface area contributed by atoms with Gasteiger partial charge in [0.25, 0.3) is 0 Å². The smallest absolute Gasteiger partial charge is 0.309 e. The zero-order valence-electron chi connectivity index (χ0n) is 11.9. The minimum atomic E-state index is -0.273. The second kappa shape index (κ2) is 8.12. The van der Waals surface area contributed by atoms with Crippen molar-refractivity contribution in [3.8, 4) is 0 Å². The number of esters is 2. The summed E-state index contributed by atoms with van der Waals surface area (Å²) in [4.78, 5) is 24.9. The Morgan fingerprint density at radius 1 is 1.47 bits per heavy atom. The molecule has 2 unspecified atom stereocenters. The quantitative estimate of drug-likeness (QED) is 0.655. The van der Waals surface area contributed by atoms with Gasteiger partial charge in [-0.25, -0.2) is 0 Å². The molecule has 6 nitrogen and oxygen atoms in total. The van der Waals surface area contributed by atoms with E-state index in [-0.39, 0.29) is 30.4 Å². The molecule has 1 saturated heterocycles. The van der Waals surface area contributed by atoms with Crippen LogP contribution in [-0.4, -0.2) is 62.9 Å². The van der Waals surface area contributed by atoms with Gasteiger partial charge in [-0.3, -0.25) is 14.5 Å². The minimum Gasteiger partial charge on any atom is -0.469 e. The van der Waals surface area contributed by atoms with Crippen molar-refractivity contribution < 1.29 is 23.8 Å². The fourth-order valence-electron chi connectivity index (χ4n) is 2.09. The molecule has 0 amide bonds. The fourth-order valence-corrected chi connectivity index (χ4v) is 2.09.